The molecule has 1 atom stereocenters. The van der Waals surface area contributed by atoms with Crippen LogP contribution in [-0.2, 0) is 6.42 Å². The third-order valence-electron chi connectivity index (χ3n) is 4.12. The zero-order valence-electron chi connectivity index (χ0n) is 12.8. The first kappa shape index (κ1) is 13.9. The molecule has 0 radical (unpaired) electrons. The van der Waals surface area contributed by atoms with Crippen molar-refractivity contribution in [3.63, 3.8) is 0 Å². The zero-order valence-corrected chi connectivity index (χ0v) is 12.8. The van der Waals surface area contributed by atoms with E-state index in [-0.39, 0.29) is 12.0 Å². The molecule has 112 valence electrons. The number of hydrogen-bond acceptors (Lipinski definition) is 5. The number of nitrogen functional groups attached to an aromatic ring is 1. The van der Waals surface area contributed by atoms with Gasteiger partial charge in [-0.3, -0.25) is 0 Å². The summed E-state index contributed by atoms with van der Waals surface area (Å²) in [5.41, 5.74) is 9.41. The number of nitrogens with two attached hydrogens (primary N) is 1. The third-order valence-corrected chi connectivity index (χ3v) is 4.12. The minimum atomic E-state index is 0.0610. The van der Waals surface area contributed by atoms with E-state index >= 15 is 0 Å². The van der Waals surface area contributed by atoms with Gasteiger partial charge in [0.05, 0.1) is 0 Å². The summed E-state index contributed by atoms with van der Waals surface area (Å²) in [6, 6.07) is 6.16. The monoisotopic (exact) mass is 286 g/mol. The molecule has 0 saturated carbocycles. The van der Waals surface area contributed by atoms with Crippen molar-refractivity contribution < 1.29 is 4.52 Å². The van der Waals surface area contributed by atoms with Crippen LogP contribution in [0.3, 0.4) is 0 Å². The number of nitrogens with zero attached hydrogens (tertiary/aromatic N) is 3. The highest BCUT2D eigenvalue weighted by atomic mass is 16.5. The van der Waals surface area contributed by atoms with Gasteiger partial charge in [0, 0.05) is 23.8 Å². The van der Waals surface area contributed by atoms with Crippen molar-refractivity contribution >= 4 is 11.4 Å². The van der Waals surface area contributed by atoms with Crippen LogP contribution in [0.25, 0.3) is 0 Å². The van der Waals surface area contributed by atoms with E-state index in [1.54, 1.807) is 0 Å². The number of aromatic nitrogens is 2. The molecule has 1 unspecified atom stereocenters. The Morgan fingerprint density at radius 3 is 2.81 bits per heavy atom. The Balaban J connectivity index is 1.92. The van der Waals surface area contributed by atoms with Gasteiger partial charge in [0.15, 0.2) is 5.82 Å². The lowest BCUT2D eigenvalue weighted by Crippen LogP contribution is -2.32. The van der Waals surface area contributed by atoms with Crippen LogP contribution in [0.15, 0.2) is 22.7 Å². The fourth-order valence-corrected chi connectivity index (χ4v) is 2.87. The van der Waals surface area contributed by atoms with Crippen molar-refractivity contribution in [2.75, 3.05) is 17.2 Å². The molecule has 1 aromatic carbocycles. The van der Waals surface area contributed by atoms with E-state index in [1.165, 1.54) is 11.3 Å². The average molecular weight is 286 g/mol. The lowest BCUT2D eigenvalue weighted by atomic mass is 9.98. The summed E-state index contributed by atoms with van der Waals surface area (Å²) in [7, 11) is 0. The summed E-state index contributed by atoms with van der Waals surface area (Å²) in [5.74, 6) is 1.72. The maximum Gasteiger partial charge on any atom is 0.249 e. The summed E-state index contributed by atoms with van der Waals surface area (Å²) < 4.78 is 5.45. The first-order valence-electron chi connectivity index (χ1n) is 7.55. The van der Waals surface area contributed by atoms with Crippen LogP contribution in [0.2, 0.25) is 0 Å². The number of rotatable bonds is 3. The van der Waals surface area contributed by atoms with Gasteiger partial charge >= 0.3 is 0 Å². The van der Waals surface area contributed by atoms with Gasteiger partial charge in [0.25, 0.3) is 0 Å². The fraction of sp³-hybridized carbons (Fsp3) is 0.500. The summed E-state index contributed by atoms with van der Waals surface area (Å²) in [6.45, 7) is 7.22. The van der Waals surface area contributed by atoms with Crippen LogP contribution < -0.4 is 10.6 Å². The molecule has 5 heteroatoms. The molecule has 2 heterocycles. The van der Waals surface area contributed by atoms with Gasteiger partial charge in [0.2, 0.25) is 5.89 Å². The molecule has 3 rings (SSSR count). The zero-order chi connectivity index (χ0) is 15.0. The predicted octanol–water partition coefficient (Wildman–Crippen LogP) is 3.29. The highest BCUT2D eigenvalue weighted by Gasteiger charge is 2.27. The quantitative estimate of drug-likeness (QED) is 0.877. The second-order valence-electron chi connectivity index (χ2n) is 5.96. The topological polar surface area (TPSA) is 68.2 Å². The summed E-state index contributed by atoms with van der Waals surface area (Å²) in [6.07, 6.45) is 2.13. The maximum atomic E-state index is 6.11. The van der Waals surface area contributed by atoms with Gasteiger partial charge < -0.3 is 15.2 Å². The molecule has 1 aromatic heterocycles. The van der Waals surface area contributed by atoms with Crippen molar-refractivity contribution in [1.82, 2.24) is 10.1 Å². The Morgan fingerprint density at radius 1 is 1.29 bits per heavy atom. The van der Waals surface area contributed by atoms with Crippen LogP contribution in [0.5, 0.6) is 0 Å². The first-order valence-corrected chi connectivity index (χ1v) is 7.55. The molecular formula is C16H22N4O. The fourth-order valence-electron chi connectivity index (χ4n) is 2.87. The number of benzene rings is 1. The number of hydrogen-bond donors (Lipinski definition) is 1. The van der Waals surface area contributed by atoms with E-state index in [0.29, 0.717) is 5.89 Å². The van der Waals surface area contributed by atoms with E-state index in [9.17, 15) is 0 Å². The molecule has 0 bridgehead atoms. The van der Waals surface area contributed by atoms with Gasteiger partial charge in [-0.25, -0.2) is 0 Å². The van der Waals surface area contributed by atoms with Crippen molar-refractivity contribution in [3.8, 4) is 0 Å². The van der Waals surface area contributed by atoms with Gasteiger partial charge in [-0.15, -0.1) is 0 Å². The molecule has 1 aliphatic rings. The lowest BCUT2D eigenvalue weighted by Gasteiger charge is -2.35. The van der Waals surface area contributed by atoms with Crippen LogP contribution in [0, 0.1) is 0 Å². The Labute approximate surface area is 125 Å². The van der Waals surface area contributed by atoms with E-state index in [4.69, 9.17) is 10.3 Å². The van der Waals surface area contributed by atoms with Gasteiger partial charge in [-0.05, 0) is 37.5 Å². The van der Waals surface area contributed by atoms with Crippen molar-refractivity contribution in [2.45, 2.75) is 45.6 Å². The SMILES string of the molecule is CC(C)c1noc(C(C)N2CCCc3c(N)cccc32)n1. The number of anilines is 2. The van der Waals surface area contributed by atoms with Crippen molar-refractivity contribution in [1.29, 1.82) is 0 Å². The Kier molecular flexibility index (Phi) is 3.57. The number of fused-ring (bicyclic) bond motifs is 1. The standard InChI is InChI=1S/C16H22N4O/c1-10(2)15-18-16(21-19-15)11(3)20-9-5-6-12-13(17)7-4-8-14(12)20/h4,7-8,10-11H,5-6,9,17H2,1-3H3. The van der Waals surface area contributed by atoms with Crippen molar-refractivity contribution in [2.24, 2.45) is 0 Å². The highest BCUT2D eigenvalue weighted by molar-refractivity contribution is 5.66. The van der Waals surface area contributed by atoms with Gasteiger partial charge in [-0.1, -0.05) is 25.1 Å². The normalized spacial score (nSPS) is 16.1. The Bertz CT molecular complexity index is 635. The molecule has 21 heavy (non-hydrogen) atoms. The Morgan fingerprint density at radius 2 is 2.10 bits per heavy atom. The smallest absolute Gasteiger partial charge is 0.249 e. The predicted molar refractivity (Wildman–Crippen MR) is 83.3 cm³/mol. The molecule has 0 amide bonds. The molecule has 5 nitrogen and oxygen atoms in total. The highest BCUT2D eigenvalue weighted by Crippen LogP contribution is 2.36. The molecule has 2 N–H and O–H groups in total. The second-order valence-corrected chi connectivity index (χ2v) is 5.96. The maximum absolute atomic E-state index is 6.11. The Hall–Kier alpha value is -2.04. The average Bonchev–Trinajstić information content (AvgIpc) is 2.96. The molecule has 0 spiro atoms. The molecule has 1 aliphatic heterocycles. The summed E-state index contributed by atoms with van der Waals surface area (Å²) in [5, 5.41) is 4.07. The minimum Gasteiger partial charge on any atom is -0.398 e. The third kappa shape index (κ3) is 2.48. The summed E-state index contributed by atoms with van der Waals surface area (Å²) >= 11 is 0. The van der Waals surface area contributed by atoms with Gasteiger partial charge in [-0.2, -0.15) is 4.98 Å². The van der Waals surface area contributed by atoms with E-state index in [1.807, 2.05) is 12.1 Å². The molecule has 0 saturated heterocycles. The largest absolute Gasteiger partial charge is 0.398 e. The molecule has 0 aliphatic carbocycles. The lowest BCUT2D eigenvalue weighted by molar-refractivity contribution is 0.348. The van der Waals surface area contributed by atoms with E-state index in [2.05, 4.69) is 41.9 Å². The van der Waals surface area contributed by atoms with Gasteiger partial charge in [0.1, 0.15) is 6.04 Å². The first-order chi connectivity index (χ1) is 10.1. The molecule has 2 aromatic rings. The molecule has 0 fully saturated rings. The molecular weight excluding hydrogens is 264 g/mol. The van der Waals surface area contributed by atoms with Crippen molar-refractivity contribution in [3.05, 3.63) is 35.5 Å². The minimum absolute atomic E-state index is 0.0610. The van der Waals surface area contributed by atoms with E-state index < -0.39 is 0 Å². The van der Waals surface area contributed by atoms with Crippen LogP contribution in [0.1, 0.15) is 56.4 Å². The van der Waals surface area contributed by atoms with Crippen LogP contribution >= 0.6 is 0 Å². The van der Waals surface area contributed by atoms with Crippen LogP contribution in [0.4, 0.5) is 11.4 Å². The summed E-state index contributed by atoms with van der Waals surface area (Å²) in [4.78, 5) is 6.84. The van der Waals surface area contributed by atoms with E-state index in [0.717, 1.165) is 30.9 Å². The second kappa shape index (κ2) is 5.39. The van der Waals surface area contributed by atoms with Crippen LogP contribution in [-0.4, -0.2) is 16.7 Å².